The zero-order valence-electron chi connectivity index (χ0n) is 15.6. The van der Waals surface area contributed by atoms with Crippen LogP contribution in [0.4, 0.5) is 10.8 Å². The van der Waals surface area contributed by atoms with Gasteiger partial charge in [-0.05, 0) is 6.92 Å². The van der Waals surface area contributed by atoms with E-state index in [-0.39, 0.29) is 31.0 Å². The number of likely N-dealkylation sites (N-methyl/N-ethyl adjacent to an activating group) is 1. The number of hydrogen-bond donors (Lipinski definition) is 0. The van der Waals surface area contributed by atoms with E-state index in [0.29, 0.717) is 11.6 Å². The van der Waals surface area contributed by atoms with Gasteiger partial charge in [0.2, 0.25) is 0 Å². The van der Waals surface area contributed by atoms with Crippen molar-refractivity contribution in [2.75, 3.05) is 20.2 Å². The maximum Gasteiger partial charge on any atom is 0.506 e. The minimum atomic E-state index is -0.769. The summed E-state index contributed by atoms with van der Waals surface area (Å²) in [5.41, 5.74) is -0.240. The van der Waals surface area contributed by atoms with E-state index in [2.05, 4.69) is 4.99 Å². The first-order chi connectivity index (χ1) is 12.1. The fraction of sp³-hybridized carbons (Fsp3) is 0.588. The van der Waals surface area contributed by atoms with Crippen LogP contribution in [-0.2, 0) is 19.7 Å². The summed E-state index contributed by atoms with van der Waals surface area (Å²) in [6.07, 6.45) is 1.70. The van der Waals surface area contributed by atoms with Gasteiger partial charge in [-0.1, -0.05) is 20.8 Å². The number of aromatic nitrogens is 1. The van der Waals surface area contributed by atoms with Crippen LogP contribution in [-0.4, -0.2) is 53.7 Å². The number of hydrogen-bond acceptors (Lipinski definition) is 6. The van der Waals surface area contributed by atoms with Gasteiger partial charge in [0.15, 0.2) is 5.76 Å². The van der Waals surface area contributed by atoms with E-state index in [4.69, 9.17) is 9.15 Å². The highest BCUT2D eigenvalue weighted by Crippen LogP contribution is 2.32. The highest BCUT2D eigenvalue weighted by atomic mass is 16.5. The lowest BCUT2D eigenvalue weighted by Gasteiger charge is -2.31. The summed E-state index contributed by atoms with van der Waals surface area (Å²) in [4.78, 5) is 43.7. The molecule has 1 unspecified atom stereocenters. The van der Waals surface area contributed by atoms with Crippen LogP contribution in [0.5, 0.6) is 0 Å². The van der Waals surface area contributed by atoms with E-state index in [1.165, 1.54) is 4.90 Å². The molecule has 0 bridgehead atoms. The first-order valence-corrected chi connectivity index (χ1v) is 8.54. The van der Waals surface area contributed by atoms with Gasteiger partial charge in [-0.3, -0.25) is 19.4 Å². The number of aliphatic imine (C=N–C) groups is 1. The minimum absolute atomic E-state index is 0.0372. The maximum absolute atomic E-state index is 12.9. The molecule has 1 saturated heterocycles. The highest BCUT2D eigenvalue weighted by Gasteiger charge is 2.55. The van der Waals surface area contributed by atoms with Gasteiger partial charge in [0, 0.05) is 24.0 Å². The van der Waals surface area contributed by atoms with Gasteiger partial charge in [0.1, 0.15) is 6.20 Å². The Labute approximate surface area is 151 Å². The van der Waals surface area contributed by atoms with E-state index < -0.39 is 23.9 Å². The second kappa shape index (κ2) is 6.22. The molecule has 0 N–H and O–H groups in total. The molecular weight excluding hydrogens is 340 g/mol. The van der Waals surface area contributed by atoms with E-state index in [1.54, 1.807) is 24.7 Å². The van der Waals surface area contributed by atoms with Gasteiger partial charge < -0.3 is 9.15 Å². The van der Waals surface area contributed by atoms with Crippen molar-refractivity contribution in [2.24, 2.45) is 4.99 Å². The zero-order chi connectivity index (χ0) is 19.2. The summed E-state index contributed by atoms with van der Waals surface area (Å²) in [6.45, 7) is 7.91. The maximum atomic E-state index is 12.9. The van der Waals surface area contributed by atoms with Gasteiger partial charge in [-0.25, -0.2) is 4.79 Å². The van der Waals surface area contributed by atoms with Crippen LogP contribution in [0.25, 0.3) is 0 Å². The second-order valence-corrected chi connectivity index (χ2v) is 7.29. The molecule has 9 heteroatoms. The number of ether oxygens (including phenoxy) is 1. The van der Waals surface area contributed by atoms with Crippen LogP contribution in [0.2, 0.25) is 0 Å². The quantitative estimate of drug-likeness (QED) is 0.593. The number of amides is 3. The number of urea groups is 1. The molecule has 26 heavy (non-hydrogen) atoms. The van der Waals surface area contributed by atoms with Crippen molar-refractivity contribution in [3.63, 3.8) is 0 Å². The molecule has 2 aliphatic rings. The Morgan fingerprint density at radius 2 is 2.08 bits per heavy atom. The molecule has 2 aliphatic heterocycles. The highest BCUT2D eigenvalue weighted by molar-refractivity contribution is 6.19. The molecule has 3 heterocycles. The first-order valence-electron chi connectivity index (χ1n) is 8.54. The summed E-state index contributed by atoms with van der Waals surface area (Å²) in [6, 6.07) is -0.999. The lowest BCUT2D eigenvalue weighted by molar-refractivity contribution is -0.679. The molecule has 3 amide bonds. The van der Waals surface area contributed by atoms with Crippen LogP contribution in [0.3, 0.4) is 0 Å². The molecule has 0 saturated carbocycles. The van der Waals surface area contributed by atoms with Crippen LogP contribution in [0.1, 0.15) is 45.9 Å². The molecule has 9 nitrogen and oxygen atoms in total. The number of oxazole rings is 1. The summed E-state index contributed by atoms with van der Waals surface area (Å²) in [5.74, 6) is 0.141. The van der Waals surface area contributed by atoms with Crippen LogP contribution in [0, 0.1) is 0 Å². The number of fused-ring (bicyclic) bond motifs is 3. The number of imide groups is 1. The lowest BCUT2D eigenvalue weighted by atomic mass is 9.94. The molecule has 140 valence electrons. The third kappa shape index (κ3) is 2.87. The molecule has 0 aromatic carbocycles. The Balaban J connectivity index is 1.88. The van der Waals surface area contributed by atoms with Crippen LogP contribution >= 0.6 is 0 Å². The standard InChI is InChI=1S/C17H23N4O5/c1-6-25-11(22)7-8-20-14(23)12-13(19(5)16(20)24)18-15-21(12)9-10(26-15)17(2,3)4/h9,12H,6-8H2,1-5H3/q+1. The Morgan fingerprint density at radius 1 is 1.38 bits per heavy atom. The fourth-order valence-electron chi connectivity index (χ4n) is 2.91. The summed E-state index contributed by atoms with van der Waals surface area (Å²) in [7, 11) is 1.55. The van der Waals surface area contributed by atoms with Gasteiger partial charge >= 0.3 is 18.0 Å². The normalized spacial score (nSPS) is 19.4. The van der Waals surface area contributed by atoms with Gasteiger partial charge in [0.25, 0.3) is 17.8 Å². The Kier molecular flexibility index (Phi) is 4.33. The van der Waals surface area contributed by atoms with Crippen molar-refractivity contribution in [2.45, 2.75) is 45.6 Å². The van der Waals surface area contributed by atoms with E-state index in [9.17, 15) is 14.4 Å². The van der Waals surface area contributed by atoms with Crippen molar-refractivity contribution in [3.8, 4) is 0 Å². The minimum Gasteiger partial charge on any atom is -0.466 e. The number of nitrogens with zero attached hydrogens (tertiary/aromatic N) is 4. The third-order valence-corrected chi connectivity index (χ3v) is 4.36. The van der Waals surface area contributed by atoms with Crippen molar-refractivity contribution in [3.05, 3.63) is 12.0 Å². The zero-order valence-corrected chi connectivity index (χ0v) is 15.6. The number of carbonyl (C=O) groups excluding carboxylic acids is 3. The monoisotopic (exact) mass is 363 g/mol. The predicted molar refractivity (Wildman–Crippen MR) is 89.9 cm³/mol. The SMILES string of the molecule is CCOC(=O)CCN1C(=O)C2C(=Nc3oc(C(C)(C)C)c[n+]32)N(C)C1=O. The molecule has 0 spiro atoms. The second-order valence-electron chi connectivity index (χ2n) is 7.29. The van der Waals surface area contributed by atoms with Crippen molar-refractivity contribution >= 4 is 29.8 Å². The Morgan fingerprint density at radius 3 is 2.69 bits per heavy atom. The van der Waals surface area contributed by atoms with Crippen molar-refractivity contribution < 1.29 is 28.1 Å². The van der Waals surface area contributed by atoms with Gasteiger partial charge in [-0.15, -0.1) is 0 Å². The molecule has 1 fully saturated rings. The van der Waals surface area contributed by atoms with Crippen molar-refractivity contribution in [1.29, 1.82) is 0 Å². The molecule has 0 aliphatic carbocycles. The van der Waals surface area contributed by atoms with E-state index in [0.717, 1.165) is 4.90 Å². The average Bonchev–Trinajstić information content (AvgIpc) is 3.10. The van der Waals surface area contributed by atoms with E-state index in [1.807, 2.05) is 20.8 Å². The predicted octanol–water partition coefficient (Wildman–Crippen LogP) is 1.30. The van der Waals surface area contributed by atoms with Gasteiger partial charge in [-0.2, -0.15) is 4.57 Å². The van der Waals surface area contributed by atoms with Crippen LogP contribution < -0.4 is 4.57 Å². The molecule has 1 atom stereocenters. The molecule has 3 rings (SSSR count). The smallest absolute Gasteiger partial charge is 0.466 e. The molecule has 0 radical (unpaired) electrons. The topological polar surface area (TPSA) is 96.3 Å². The van der Waals surface area contributed by atoms with Gasteiger partial charge in [0.05, 0.1) is 13.0 Å². The first kappa shape index (κ1) is 18.1. The summed E-state index contributed by atoms with van der Waals surface area (Å²) in [5, 5.41) is 0. The Bertz CT molecular complexity index is 805. The number of rotatable bonds is 4. The number of esters is 1. The molecular formula is C17H23N4O5+. The fourth-order valence-corrected chi connectivity index (χ4v) is 2.91. The number of carbonyl (C=O) groups is 3. The third-order valence-electron chi connectivity index (χ3n) is 4.36. The largest absolute Gasteiger partial charge is 0.506 e. The lowest BCUT2D eigenvalue weighted by Crippen LogP contribution is -2.62. The number of amidine groups is 1. The summed E-state index contributed by atoms with van der Waals surface area (Å²) < 4.78 is 12.3. The Hall–Kier alpha value is -2.71. The average molecular weight is 363 g/mol. The summed E-state index contributed by atoms with van der Waals surface area (Å²) >= 11 is 0. The van der Waals surface area contributed by atoms with Crippen molar-refractivity contribution in [1.82, 2.24) is 9.80 Å². The van der Waals surface area contributed by atoms with E-state index >= 15 is 0 Å². The molecule has 1 aromatic rings. The molecule has 1 aromatic heterocycles. The van der Waals surface area contributed by atoms with Crippen LogP contribution in [0.15, 0.2) is 15.6 Å².